The van der Waals surface area contributed by atoms with Crippen LogP contribution in [0.15, 0.2) is 35.8 Å². The molecule has 2 rings (SSSR count). The van der Waals surface area contributed by atoms with Crippen LogP contribution in [-0.4, -0.2) is 17.9 Å². The number of pyridine rings is 1. The molecule has 2 aromatic rings. The van der Waals surface area contributed by atoms with Gasteiger partial charge in [-0.1, -0.05) is 6.07 Å². The van der Waals surface area contributed by atoms with Gasteiger partial charge in [0.05, 0.1) is 18.3 Å². The van der Waals surface area contributed by atoms with Crippen LogP contribution in [0.25, 0.3) is 0 Å². The zero-order valence-corrected chi connectivity index (χ0v) is 10.3. The summed E-state index contributed by atoms with van der Waals surface area (Å²) in [4.78, 5) is 18.6. The molecule has 2 heterocycles. The Labute approximate surface area is 104 Å². The third-order valence-corrected chi connectivity index (χ3v) is 3.31. The first-order valence-corrected chi connectivity index (χ1v) is 6.05. The second-order valence-electron chi connectivity index (χ2n) is 3.65. The highest BCUT2D eigenvalue weighted by atomic mass is 32.1. The highest BCUT2D eigenvalue weighted by Gasteiger charge is 2.12. The first-order valence-electron chi connectivity index (χ1n) is 5.17. The SMILES string of the molecule is CN(C(=O)Cc1cccs1)c1ccc(N)nc1. The summed E-state index contributed by atoms with van der Waals surface area (Å²) < 4.78 is 0. The molecule has 0 aromatic carbocycles. The molecule has 0 spiro atoms. The van der Waals surface area contributed by atoms with Crippen molar-refractivity contribution in [1.29, 1.82) is 0 Å². The van der Waals surface area contributed by atoms with Crippen molar-refractivity contribution in [2.24, 2.45) is 0 Å². The van der Waals surface area contributed by atoms with Gasteiger partial charge in [-0.2, -0.15) is 0 Å². The summed E-state index contributed by atoms with van der Waals surface area (Å²) >= 11 is 1.58. The summed E-state index contributed by atoms with van der Waals surface area (Å²) in [5.41, 5.74) is 6.25. The van der Waals surface area contributed by atoms with Crippen molar-refractivity contribution in [1.82, 2.24) is 4.98 Å². The van der Waals surface area contributed by atoms with Crippen LogP contribution >= 0.6 is 11.3 Å². The van der Waals surface area contributed by atoms with E-state index in [4.69, 9.17) is 5.73 Å². The normalized spacial score (nSPS) is 10.2. The monoisotopic (exact) mass is 247 g/mol. The summed E-state index contributed by atoms with van der Waals surface area (Å²) in [7, 11) is 1.74. The lowest BCUT2D eigenvalue weighted by Crippen LogP contribution is -2.27. The molecular weight excluding hydrogens is 234 g/mol. The van der Waals surface area contributed by atoms with Gasteiger partial charge in [0.1, 0.15) is 5.82 Å². The van der Waals surface area contributed by atoms with Crippen LogP contribution in [0.1, 0.15) is 4.88 Å². The molecule has 88 valence electrons. The van der Waals surface area contributed by atoms with Crippen LogP contribution in [0.5, 0.6) is 0 Å². The van der Waals surface area contributed by atoms with E-state index in [1.807, 2.05) is 17.5 Å². The number of nitrogens with zero attached hydrogens (tertiary/aromatic N) is 2. The number of thiophene rings is 1. The van der Waals surface area contributed by atoms with Gasteiger partial charge >= 0.3 is 0 Å². The van der Waals surface area contributed by atoms with Gasteiger partial charge in [-0.15, -0.1) is 11.3 Å². The van der Waals surface area contributed by atoms with Gasteiger partial charge in [-0.05, 0) is 23.6 Å². The molecular formula is C12H13N3OS. The van der Waals surface area contributed by atoms with E-state index >= 15 is 0 Å². The van der Waals surface area contributed by atoms with E-state index in [0.29, 0.717) is 12.2 Å². The number of aromatic nitrogens is 1. The first-order chi connectivity index (χ1) is 8.16. The summed E-state index contributed by atoms with van der Waals surface area (Å²) in [5, 5.41) is 1.97. The van der Waals surface area contributed by atoms with Crippen molar-refractivity contribution in [3.8, 4) is 0 Å². The lowest BCUT2D eigenvalue weighted by atomic mass is 10.3. The number of hydrogen-bond acceptors (Lipinski definition) is 4. The smallest absolute Gasteiger partial charge is 0.232 e. The minimum atomic E-state index is 0.0408. The largest absolute Gasteiger partial charge is 0.384 e. The number of amides is 1. The Hall–Kier alpha value is -1.88. The molecule has 0 saturated heterocycles. The number of carbonyl (C=O) groups is 1. The molecule has 0 saturated carbocycles. The molecule has 2 aromatic heterocycles. The number of carbonyl (C=O) groups excluding carboxylic acids is 1. The van der Waals surface area contributed by atoms with Gasteiger partial charge in [0.25, 0.3) is 0 Å². The average molecular weight is 247 g/mol. The fourth-order valence-corrected chi connectivity index (χ4v) is 2.12. The maximum atomic E-state index is 12.0. The molecule has 0 aliphatic rings. The number of nitrogens with two attached hydrogens (primary N) is 1. The first kappa shape index (κ1) is 11.6. The molecule has 0 unspecified atom stereocenters. The molecule has 2 N–H and O–H groups in total. The predicted molar refractivity (Wildman–Crippen MR) is 70.1 cm³/mol. The maximum Gasteiger partial charge on any atom is 0.232 e. The standard InChI is InChI=1S/C12H13N3OS/c1-15(9-4-5-11(13)14-8-9)12(16)7-10-3-2-6-17-10/h2-6,8H,7H2,1H3,(H2,13,14). The minimum Gasteiger partial charge on any atom is -0.384 e. The van der Waals surface area contributed by atoms with E-state index in [-0.39, 0.29) is 5.91 Å². The number of likely N-dealkylation sites (N-methyl/N-ethyl adjacent to an activating group) is 1. The number of hydrogen-bond donors (Lipinski definition) is 1. The number of rotatable bonds is 3. The van der Waals surface area contributed by atoms with Crippen LogP contribution < -0.4 is 10.6 Å². The molecule has 0 aliphatic heterocycles. The predicted octanol–water partition coefficient (Wildman–Crippen LogP) is 1.93. The summed E-state index contributed by atoms with van der Waals surface area (Å²) in [6.07, 6.45) is 2.01. The lowest BCUT2D eigenvalue weighted by molar-refractivity contribution is -0.117. The van der Waals surface area contributed by atoms with Crippen LogP contribution in [0.3, 0.4) is 0 Å². The second-order valence-corrected chi connectivity index (χ2v) is 4.68. The van der Waals surface area contributed by atoms with Gasteiger partial charge in [-0.3, -0.25) is 4.79 Å². The lowest BCUT2D eigenvalue weighted by Gasteiger charge is -2.16. The average Bonchev–Trinajstić information content (AvgIpc) is 2.82. The van der Waals surface area contributed by atoms with Gasteiger partial charge in [0.2, 0.25) is 5.91 Å². The quantitative estimate of drug-likeness (QED) is 0.901. The van der Waals surface area contributed by atoms with Crippen molar-refractivity contribution in [2.75, 3.05) is 17.7 Å². The van der Waals surface area contributed by atoms with Gasteiger partial charge in [0.15, 0.2) is 0 Å². The molecule has 0 aliphatic carbocycles. The van der Waals surface area contributed by atoms with E-state index < -0.39 is 0 Å². The Kier molecular flexibility index (Phi) is 3.39. The summed E-state index contributed by atoms with van der Waals surface area (Å²) in [6, 6.07) is 7.37. The number of anilines is 2. The molecule has 4 nitrogen and oxygen atoms in total. The molecule has 0 atom stereocenters. The summed E-state index contributed by atoms with van der Waals surface area (Å²) in [6.45, 7) is 0. The Bertz CT molecular complexity index is 493. The van der Waals surface area contributed by atoms with Crippen LogP contribution in [-0.2, 0) is 11.2 Å². The Morgan fingerprint density at radius 1 is 1.47 bits per heavy atom. The molecule has 17 heavy (non-hydrogen) atoms. The summed E-state index contributed by atoms with van der Waals surface area (Å²) in [5.74, 6) is 0.492. The van der Waals surface area contributed by atoms with Crippen molar-refractivity contribution >= 4 is 28.7 Å². The zero-order chi connectivity index (χ0) is 12.3. The van der Waals surface area contributed by atoms with Crippen LogP contribution in [0, 0.1) is 0 Å². The fourth-order valence-electron chi connectivity index (χ4n) is 1.42. The Morgan fingerprint density at radius 3 is 2.88 bits per heavy atom. The van der Waals surface area contributed by atoms with Crippen molar-refractivity contribution < 1.29 is 4.79 Å². The second kappa shape index (κ2) is 4.97. The van der Waals surface area contributed by atoms with Crippen LogP contribution in [0.2, 0.25) is 0 Å². The Balaban J connectivity index is 2.07. The van der Waals surface area contributed by atoms with E-state index in [1.165, 1.54) is 0 Å². The van der Waals surface area contributed by atoms with Crippen molar-refractivity contribution in [3.63, 3.8) is 0 Å². The topological polar surface area (TPSA) is 59.2 Å². The minimum absolute atomic E-state index is 0.0408. The van der Waals surface area contributed by atoms with Crippen molar-refractivity contribution in [3.05, 3.63) is 40.7 Å². The van der Waals surface area contributed by atoms with E-state index in [9.17, 15) is 4.79 Å². The highest BCUT2D eigenvalue weighted by Crippen LogP contribution is 2.15. The van der Waals surface area contributed by atoms with Crippen molar-refractivity contribution in [2.45, 2.75) is 6.42 Å². The zero-order valence-electron chi connectivity index (χ0n) is 9.46. The third-order valence-electron chi connectivity index (χ3n) is 2.44. The molecule has 0 fully saturated rings. The van der Waals surface area contributed by atoms with E-state index in [1.54, 1.807) is 41.6 Å². The molecule has 0 bridgehead atoms. The third kappa shape index (κ3) is 2.82. The maximum absolute atomic E-state index is 12.0. The van der Waals surface area contributed by atoms with Gasteiger partial charge < -0.3 is 10.6 Å². The highest BCUT2D eigenvalue weighted by molar-refractivity contribution is 7.10. The van der Waals surface area contributed by atoms with Gasteiger partial charge in [0, 0.05) is 11.9 Å². The fraction of sp³-hybridized carbons (Fsp3) is 0.167. The Morgan fingerprint density at radius 2 is 2.29 bits per heavy atom. The molecule has 0 radical (unpaired) electrons. The molecule has 5 heteroatoms. The van der Waals surface area contributed by atoms with Gasteiger partial charge in [-0.25, -0.2) is 4.98 Å². The van der Waals surface area contributed by atoms with Crippen LogP contribution in [0.4, 0.5) is 11.5 Å². The van der Waals surface area contributed by atoms with E-state index in [2.05, 4.69) is 4.98 Å². The number of nitrogen functional groups attached to an aromatic ring is 1. The molecule has 1 amide bonds. The van der Waals surface area contributed by atoms with E-state index in [0.717, 1.165) is 10.6 Å².